The minimum absolute atomic E-state index is 0.146. The Morgan fingerprint density at radius 2 is 1.91 bits per heavy atom. The van der Waals surface area contributed by atoms with Crippen molar-refractivity contribution in [3.63, 3.8) is 0 Å². The molecule has 1 N–H and O–H groups in total. The van der Waals surface area contributed by atoms with Gasteiger partial charge >= 0.3 is 6.09 Å². The number of likely N-dealkylation sites (tertiary alicyclic amines) is 1. The maximum Gasteiger partial charge on any atom is 0.410 e. The van der Waals surface area contributed by atoms with Gasteiger partial charge in [0.2, 0.25) is 0 Å². The Labute approximate surface area is 217 Å². The number of allylic oxidation sites excluding steroid dienone is 2. The van der Waals surface area contributed by atoms with Crippen LogP contribution >= 0.6 is 11.6 Å². The molecule has 5 nitrogen and oxygen atoms in total. The second kappa shape index (κ2) is 14.9. The van der Waals surface area contributed by atoms with Crippen molar-refractivity contribution in [1.29, 1.82) is 0 Å². The zero-order valence-electron chi connectivity index (χ0n) is 22.0. The molecule has 1 heterocycles. The highest BCUT2D eigenvalue weighted by Gasteiger charge is 2.32. The summed E-state index contributed by atoms with van der Waals surface area (Å²) in [5.41, 5.74) is 3.99. The van der Waals surface area contributed by atoms with E-state index in [4.69, 9.17) is 16.3 Å². The maximum absolute atomic E-state index is 12.5. The van der Waals surface area contributed by atoms with E-state index in [2.05, 4.69) is 44.4 Å². The number of hydrogen-bond donors (Lipinski definition) is 1. The number of halogens is 1. The molecule has 0 saturated carbocycles. The van der Waals surface area contributed by atoms with Gasteiger partial charge in [0.05, 0.1) is 0 Å². The highest BCUT2D eigenvalue weighted by Crippen LogP contribution is 2.41. The molecular formula is C29H43ClN2O3. The van der Waals surface area contributed by atoms with Crippen LogP contribution < -0.4 is 0 Å². The lowest BCUT2D eigenvalue weighted by Gasteiger charge is -2.37. The lowest BCUT2D eigenvalue weighted by molar-refractivity contribution is 0.0173. The van der Waals surface area contributed by atoms with Gasteiger partial charge in [0.25, 0.3) is 0 Å². The number of hydrogen-bond acceptors (Lipinski definition) is 4. The number of aliphatic hydroxyl groups is 1. The van der Waals surface area contributed by atoms with Crippen LogP contribution in [0, 0.1) is 5.92 Å². The quantitative estimate of drug-likeness (QED) is 0.278. The Bertz CT molecular complexity index is 874. The van der Waals surface area contributed by atoms with E-state index in [1.807, 2.05) is 37.8 Å². The smallest absolute Gasteiger partial charge is 0.410 e. The standard InChI is InChI=1S/C26H38ClNO3.C3H5N/c1-18(2)16-24(20-11-13-28(14-12-20)25(30)31-26(4,5)6)22-10-9-21(27)17-23(22)19(3)8-7-15-29;1-3-4-2/h9-10,17,20,24,29H,1,3,7-8,11-16H2,2,4-6H3;3H,1-2H2. The first kappa shape index (κ1) is 30.7. The average molecular weight is 503 g/mol. The van der Waals surface area contributed by atoms with Crippen molar-refractivity contribution in [2.75, 3.05) is 19.7 Å². The summed E-state index contributed by atoms with van der Waals surface area (Å²) in [6.45, 7) is 24.1. The van der Waals surface area contributed by atoms with E-state index in [9.17, 15) is 9.90 Å². The fourth-order valence-corrected chi connectivity index (χ4v) is 4.47. The molecule has 0 spiro atoms. The number of aliphatic hydroxyl groups excluding tert-OH is 1. The van der Waals surface area contributed by atoms with E-state index < -0.39 is 5.60 Å². The van der Waals surface area contributed by atoms with E-state index in [0.29, 0.717) is 30.5 Å². The van der Waals surface area contributed by atoms with Gasteiger partial charge in [-0.1, -0.05) is 36.4 Å². The highest BCUT2D eigenvalue weighted by atomic mass is 35.5. The Morgan fingerprint density at radius 1 is 1.31 bits per heavy atom. The van der Waals surface area contributed by atoms with Gasteiger partial charge in [-0.3, -0.25) is 4.99 Å². The van der Waals surface area contributed by atoms with Crippen molar-refractivity contribution in [2.24, 2.45) is 10.9 Å². The van der Waals surface area contributed by atoms with Crippen LogP contribution in [0.1, 0.15) is 76.8 Å². The topological polar surface area (TPSA) is 62.1 Å². The molecule has 1 aromatic carbocycles. The Kier molecular flexibility index (Phi) is 13.1. The Hall–Kier alpha value is -2.37. The first-order valence-electron chi connectivity index (χ1n) is 12.2. The fraction of sp³-hybridized carbons (Fsp3) is 0.517. The van der Waals surface area contributed by atoms with E-state index in [1.165, 1.54) is 11.8 Å². The zero-order chi connectivity index (χ0) is 26.6. The molecule has 1 amide bonds. The Morgan fingerprint density at radius 3 is 2.40 bits per heavy atom. The van der Waals surface area contributed by atoms with Gasteiger partial charge in [0.15, 0.2) is 0 Å². The van der Waals surface area contributed by atoms with E-state index in [0.717, 1.165) is 42.4 Å². The first-order valence-corrected chi connectivity index (χ1v) is 12.6. The third-order valence-corrected chi connectivity index (χ3v) is 6.13. The largest absolute Gasteiger partial charge is 0.444 e. The normalized spacial score (nSPS) is 14.9. The first-order chi connectivity index (χ1) is 16.4. The number of benzene rings is 1. The maximum atomic E-state index is 12.5. The number of carbonyl (C=O) groups excluding carboxylic acids is 1. The van der Waals surface area contributed by atoms with Gasteiger partial charge in [0.1, 0.15) is 5.60 Å². The van der Waals surface area contributed by atoms with Gasteiger partial charge in [-0.2, -0.15) is 0 Å². The molecule has 1 fully saturated rings. The van der Waals surface area contributed by atoms with Gasteiger partial charge in [0, 0.05) is 30.9 Å². The summed E-state index contributed by atoms with van der Waals surface area (Å²) in [6.07, 6.45) is 5.31. The number of piperidine rings is 1. The van der Waals surface area contributed by atoms with E-state index >= 15 is 0 Å². The molecule has 194 valence electrons. The molecule has 0 radical (unpaired) electrons. The molecule has 0 aromatic heterocycles. The van der Waals surface area contributed by atoms with Crippen molar-refractivity contribution < 1.29 is 14.6 Å². The van der Waals surface area contributed by atoms with Crippen LogP contribution in [-0.2, 0) is 4.74 Å². The summed E-state index contributed by atoms with van der Waals surface area (Å²) in [6, 6.07) is 6.06. The predicted octanol–water partition coefficient (Wildman–Crippen LogP) is 7.65. The van der Waals surface area contributed by atoms with Crippen molar-refractivity contribution in [3.8, 4) is 0 Å². The Balaban J connectivity index is 0.00000142. The summed E-state index contributed by atoms with van der Waals surface area (Å²) < 4.78 is 5.55. The van der Waals surface area contributed by atoms with Crippen LogP contribution in [0.4, 0.5) is 4.79 Å². The number of aliphatic imine (C=N–C) groups is 1. The number of nitrogens with zero attached hydrogens (tertiary/aromatic N) is 2. The highest BCUT2D eigenvalue weighted by molar-refractivity contribution is 6.30. The molecule has 1 aliphatic heterocycles. The fourth-order valence-electron chi connectivity index (χ4n) is 4.30. The van der Waals surface area contributed by atoms with Crippen molar-refractivity contribution >= 4 is 30.0 Å². The predicted molar refractivity (Wildman–Crippen MR) is 149 cm³/mol. The van der Waals surface area contributed by atoms with Crippen molar-refractivity contribution in [1.82, 2.24) is 4.90 Å². The zero-order valence-corrected chi connectivity index (χ0v) is 22.7. The second-order valence-corrected chi connectivity index (χ2v) is 10.5. The monoisotopic (exact) mass is 502 g/mol. The van der Waals surface area contributed by atoms with E-state index in [1.54, 1.807) is 0 Å². The van der Waals surface area contributed by atoms with Gasteiger partial charge in [-0.15, -0.1) is 6.58 Å². The van der Waals surface area contributed by atoms with Gasteiger partial charge in [-0.25, -0.2) is 4.79 Å². The lowest BCUT2D eigenvalue weighted by atomic mass is 9.74. The number of rotatable bonds is 9. The van der Waals surface area contributed by atoms with Crippen LogP contribution in [-0.4, -0.2) is 48.1 Å². The summed E-state index contributed by atoms with van der Waals surface area (Å²) in [4.78, 5) is 17.5. The molecular weight excluding hydrogens is 460 g/mol. The molecule has 1 aromatic rings. The third-order valence-electron chi connectivity index (χ3n) is 5.89. The molecule has 35 heavy (non-hydrogen) atoms. The molecule has 0 aliphatic carbocycles. The minimum atomic E-state index is -0.483. The summed E-state index contributed by atoms with van der Waals surface area (Å²) in [7, 11) is 0. The summed E-state index contributed by atoms with van der Waals surface area (Å²) in [5.74, 6) is 0.720. The van der Waals surface area contributed by atoms with Crippen LogP contribution in [0.15, 0.2) is 54.7 Å². The van der Waals surface area contributed by atoms with Crippen molar-refractivity contribution in [3.05, 3.63) is 65.9 Å². The van der Waals surface area contributed by atoms with Gasteiger partial charge in [-0.05, 0) is 107 Å². The second-order valence-electron chi connectivity index (χ2n) is 10.1. The van der Waals surface area contributed by atoms with Crippen molar-refractivity contribution in [2.45, 2.75) is 71.3 Å². The van der Waals surface area contributed by atoms with E-state index in [-0.39, 0.29) is 18.6 Å². The molecule has 1 atom stereocenters. The molecule has 1 aliphatic rings. The number of carbonyl (C=O) groups is 1. The lowest BCUT2D eigenvalue weighted by Crippen LogP contribution is -2.42. The molecule has 0 bridgehead atoms. The van der Waals surface area contributed by atoms with Gasteiger partial charge < -0.3 is 14.7 Å². The molecule has 6 heteroatoms. The number of amides is 1. The average Bonchev–Trinajstić information content (AvgIpc) is 2.80. The number of ether oxygens (including phenoxy) is 1. The SMILES string of the molecule is C=C(C)CC(c1ccc(Cl)cc1C(=C)CCCO)C1CCN(C(=O)OC(C)(C)C)CC1.C=CN=C. The van der Waals surface area contributed by atoms with Crippen LogP contribution in [0.25, 0.3) is 5.57 Å². The van der Waals surface area contributed by atoms with Crippen LogP contribution in [0.2, 0.25) is 5.02 Å². The molecule has 2 rings (SSSR count). The van der Waals surface area contributed by atoms with Crippen LogP contribution in [0.5, 0.6) is 0 Å². The molecule has 1 unspecified atom stereocenters. The van der Waals surface area contributed by atoms with Crippen LogP contribution in [0.3, 0.4) is 0 Å². The summed E-state index contributed by atoms with van der Waals surface area (Å²) >= 11 is 6.33. The third kappa shape index (κ3) is 10.8. The summed E-state index contributed by atoms with van der Waals surface area (Å²) in [5, 5.41) is 9.93. The molecule has 1 saturated heterocycles. The minimum Gasteiger partial charge on any atom is -0.444 e.